The van der Waals surface area contributed by atoms with Gasteiger partial charge in [-0.25, -0.2) is 0 Å². The molecular weight excluding hydrogens is 232 g/mol. The molecule has 0 aliphatic heterocycles. The van der Waals surface area contributed by atoms with Crippen molar-refractivity contribution in [3.8, 4) is 0 Å². The highest BCUT2D eigenvalue weighted by Crippen LogP contribution is 2.38. The fourth-order valence-electron chi connectivity index (χ4n) is 2.68. The maximum Gasteiger partial charge on any atom is 0.303 e. The zero-order chi connectivity index (χ0) is 13.4. The fraction of sp³-hybridized carbons (Fsp3) is 0.846. The lowest BCUT2D eigenvalue weighted by Crippen LogP contribution is -2.40. The number of carboxylic acid groups (broad SMARTS) is 1. The molecule has 18 heavy (non-hydrogen) atoms. The summed E-state index contributed by atoms with van der Waals surface area (Å²) in [6.45, 7) is 0.996. The van der Waals surface area contributed by atoms with Gasteiger partial charge in [-0.15, -0.1) is 0 Å². The number of hydrogen-bond donors (Lipinski definition) is 3. The first-order valence-corrected chi connectivity index (χ1v) is 6.76. The molecule has 0 aromatic rings. The molecule has 0 radical (unpaired) electrons. The van der Waals surface area contributed by atoms with Crippen molar-refractivity contribution >= 4 is 11.9 Å². The summed E-state index contributed by atoms with van der Waals surface area (Å²) >= 11 is 0. The summed E-state index contributed by atoms with van der Waals surface area (Å²) in [4.78, 5) is 22.5. The van der Waals surface area contributed by atoms with Gasteiger partial charge in [-0.3, -0.25) is 9.59 Å². The summed E-state index contributed by atoms with van der Waals surface area (Å²) in [5.74, 6) is -0.788. The van der Waals surface area contributed by atoms with Crippen molar-refractivity contribution in [3.05, 3.63) is 0 Å². The molecule has 1 aliphatic carbocycles. The van der Waals surface area contributed by atoms with E-state index in [1.807, 2.05) is 0 Å². The van der Waals surface area contributed by atoms with Crippen LogP contribution in [0.25, 0.3) is 0 Å². The number of hydrogen-bond acceptors (Lipinski definition) is 3. The number of aliphatic carboxylic acids is 1. The van der Waals surface area contributed by atoms with E-state index >= 15 is 0 Å². The largest absolute Gasteiger partial charge is 0.481 e. The molecule has 104 valence electrons. The van der Waals surface area contributed by atoms with Crippen LogP contribution >= 0.6 is 0 Å². The molecule has 0 atom stereocenters. The molecule has 1 fully saturated rings. The predicted octanol–water partition coefficient (Wildman–Crippen LogP) is 1.27. The van der Waals surface area contributed by atoms with E-state index in [0.717, 1.165) is 25.7 Å². The summed E-state index contributed by atoms with van der Waals surface area (Å²) < 4.78 is 0. The standard InChI is InChI=1S/C13H24N2O3/c14-8-4-5-11(16)15-10-13(9-12(17)18)6-2-1-3-7-13/h1-10,14H2,(H,15,16)(H,17,18). The highest BCUT2D eigenvalue weighted by atomic mass is 16.4. The molecule has 5 heteroatoms. The smallest absolute Gasteiger partial charge is 0.303 e. The van der Waals surface area contributed by atoms with Gasteiger partial charge in [-0.2, -0.15) is 0 Å². The average molecular weight is 256 g/mol. The minimum Gasteiger partial charge on any atom is -0.481 e. The normalized spacial score (nSPS) is 18.3. The van der Waals surface area contributed by atoms with Gasteiger partial charge in [0.1, 0.15) is 0 Å². The van der Waals surface area contributed by atoms with E-state index in [1.165, 1.54) is 6.42 Å². The quantitative estimate of drug-likeness (QED) is 0.639. The lowest BCUT2D eigenvalue weighted by molar-refractivity contribution is -0.140. The number of nitrogens with one attached hydrogen (secondary N) is 1. The second kappa shape index (κ2) is 7.36. The van der Waals surface area contributed by atoms with Gasteiger partial charge >= 0.3 is 5.97 Å². The van der Waals surface area contributed by atoms with Crippen molar-refractivity contribution in [3.63, 3.8) is 0 Å². The van der Waals surface area contributed by atoms with Crippen molar-refractivity contribution in [2.75, 3.05) is 13.1 Å². The maximum atomic E-state index is 11.6. The Bertz CT molecular complexity index is 286. The Balaban J connectivity index is 2.45. The van der Waals surface area contributed by atoms with Crippen LogP contribution in [0, 0.1) is 5.41 Å². The van der Waals surface area contributed by atoms with Crippen molar-refractivity contribution in [1.29, 1.82) is 0 Å². The molecule has 1 amide bonds. The Hall–Kier alpha value is -1.10. The number of amides is 1. The third-order valence-electron chi connectivity index (χ3n) is 3.71. The molecule has 5 nitrogen and oxygen atoms in total. The second-order valence-electron chi connectivity index (χ2n) is 5.30. The number of carbonyl (C=O) groups is 2. The van der Waals surface area contributed by atoms with Gasteiger partial charge in [0, 0.05) is 13.0 Å². The Morgan fingerprint density at radius 3 is 2.44 bits per heavy atom. The highest BCUT2D eigenvalue weighted by molar-refractivity contribution is 5.76. The van der Waals surface area contributed by atoms with Crippen LogP contribution in [0.5, 0.6) is 0 Å². The van der Waals surface area contributed by atoms with Crippen LogP contribution < -0.4 is 11.1 Å². The Morgan fingerprint density at radius 2 is 1.89 bits per heavy atom. The second-order valence-corrected chi connectivity index (χ2v) is 5.30. The molecular formula is C13H24N2O3. The molecule has 1 aliphatic rings. The average Bonchev–Trinajstić information content (AvgIpc) is 2.34. The fourth-order valence-corrected chi connectivity index (χ4v) is 2.68. The van der Waals surface area contributed by atoms with Crippen LogP contribution in [0.4, 0.5) is 0 Å². The SMILES string of the molecule is NCCCC(=O)NCC1(CC(=O)O)CCCCC1. The summed E-state index contributed by atoms with van der Waals surface area (Å²) in [6.07, 6.45) is 6.36. The summed E-state index contributed by atoms with van der Waals surface area (Å²) in [5, 5.41) is 11.9. The zero-order valence-corrected chi connectivity index (χ0v) is 10.9. The van der Waals surface area contributed by atoms with Gasteiger partial charge in [-0.1, -0.05) is 19.3 Å². The third kappa shape index (κ3) is 5.04. The van der Waals surface area contributed by atoms with E-state index in [1.54, 1.807) is 0 Å². The van der Waals surface area contributed by atoms with E-state index in [2.05, 4.69) is 5.32 Å². The van der Waals surface area contributed by atoms with E-state index in [4.69, 9.17) is 10.8 Å². The van der Waals surface area contributed by atoms with Crippen molar-refractivity contribution in [2.45, 2.75) is 51.4 Å². The van der Waals surface area contributed by atoms with Gasteiger partial charge in [0.2, 0.25) is 5.91 Å². The monoisotopic (exact) mass is 256 g/mol. The molecule has 1 rings (SSSR count). The van der Waals surface area contributed by atoms with Gasteiger partial charge in [0.15, 0.2) is 0 Å². The molecule has 4 N–H and O–H groups in total. The van der Waals surface area contributed by atoms with Gasteiger partial charge in [0.05, 0.1) is 6.42 Å². The summed E-state index contributed by atoms with van der Waals surface area (Å²) in [5.41, 5.74) is 5.12. The van der Waals surface area contributed by atoms with Crippen molar-refractivity contribution in [2.24, 2.45) is 11.1 Å². The highest BCUT2D eigenvalue weighted by Gasteiger charge is 2.34. The predicted molar refractivity (Wildman–Crippen MR) is 69.1 cm³/mol. The van der Waals surface area contributed by atoms with E-state index in [9.17, 15) is 9.59 Å². The van der Waals surface area contributed by atoms with Gasteiger partial charge in [0.25, 0.3) is 0 Å². The van der Waals surface area contributed by atoms with E-state index in [0.29, 0.717) is 25.9 Å². The lowest BCUT2D eigenvalue weighted by Gasteiger charge is -2.36. The minimum atomic E-state index is -0.770. The topological polar surface area (TPSA) is 92.4 Å². The summed E-state index contributed by atoms with van der Waals surface area (Å²) in [6, 6.07) is 0. The number of carbonyl (C=O) groups excluding carboxylic acids is 1. The molecule has 0 aromatic carbocycles. The van der Waals surface area contributed by atoms with Crippen LogP contribution in [0.3, 0.4) is 0 Å². The molecule has 0 saturated heterocycles. The van der Waals surface area contributed by atoms with Crippen molar-refractivity contribution in [1.82, 2.24) is 5.32 Å². The molecule has 0 heterocycles. The van der Waals surface area contributed by atoms with Crippen LogP contribution in [-0.2, 0) is 9.59 Å². The number of nitrogens with two attached hydrogens (primary N) is 1. The van der Waals surface area contributed by atoms with Crippen LogP contribution in [0.15, 0.2) is 0 Å². The van der Waals surface area contributed by atoms with Gasteiger partial charge in [-0.05, 0) is 31.2 Å². The Kier molecular flexibility index (Phi) is 6.12. The van der Waals surface area contributed by atoms with Gasteiger partial charge < -0.3 is 16.2 Å². The molecule has 0 bridgehead atoms. The molecule has 0 unspecified atom stereocenters. The van der Waals surface area contributed by atoms with Crippen LogP contribution in [0.1, 0.15) is 51.4 Å². The first-order chi connectivity index (χ1) is 8.58. The number of rotatable bonds is 7. The van der Waals surface area contributed by atoms with Crippen LogP contribution in [0.2, 0.25) is 0 Å². The maximum absolute atomic E-state index is 11.6. The Morgan fingerprint density at radius 1 is 1.22 bits per heavy atom. The first-order valence-electron chi connectivity index (χ1n) is 6.76. The summed E-state index contributed by atoms with van der Waals surface area (Å²) in [7, 11) is 0. The number of carboxylic acids is 1. The zero-order valence-electron chi connectivity index (χ0n) is 10.9. The lowest BCUT2D eigenvalue weighted by atomic mass is 9.71. The van der Waals surface area contributed by atoms with Crippen LogP contribution in [-0.4, -0.2) is 30.1 Å². The molecule has 1 saturated carbocycles. The molecule has 0 spiro atoms. The van der Waals surface area contributed by atoms with E-state index < -0.39 is 5.97 Å². The molecule has 0 aromatic heterocycles. The third-order valence-corrected chi connectivity index (χ3v) is 3.71. The Labute approximate surface area is 108 Å². The van der Waals surface area contributed by atoms with Crippen molar-refractivity contribution < 1.29 is 14.7 Å². The minimum absolute atomic E-state index is 0.0178. The first kappa shape index (κ1) is 15.0. The van der Waals surface area contributed by atoms with E-state index in [-0.39, 0.29) is 17.7 Å².